The number of amides is 1. The van der Waals surface area contributed by atoms with Gasteiger partial charge in [-0.15, -0.1) is 0 Å². The molecule has 0 heterocycles. The fourth-order valence-electron chi connectivity index (χ4n) is 1.67. The third-order valence-electron chi connectivity index (χ3n) is 2.29. The molecular weight excluding hydrogens is 172 g/mol. The van der Waals surface area contributed by atoms with Gasteiger partial charge in [0.25, 0.3) is 0 Å². The molecule has 1 saturated carbocycles. The number of carbonyl (C=O) groups is 1. The van der Waals surface area contributed by atoms with E-state index >= 15 is 0 Å². The minimum Gasteiger partial charge on any atom is -0.369 e. The van der Waals surface area contributed by atoms with Gasteiger partial charge in [0.2, 0.25) is 5.91 Å². The van der Waals surface area contributed by atoms with E-state index in [-0.39, 0.29) is 5.91 Å². The van der Waals surface area contributed by atoms with Gasteiger partial charge in [-0.1, -0.05) is 6.42 Å². The van der Waals surface area contributed by atoms with Gasteiger partial charge in [-0.05, 0) is 19.1 Å². The van der Waals surface area contributed by atoms with Crippen molar-refractivity contribution in [3.8, 4) is 0 Å². The largest absolute Gasteiger partial charge is 0.369 e. The van der Waals surface area contributed by atoms with E-state index in [1.54, 1.807) is 0 Å². The first-order valence-corrected chi connectivity index (χ1v) is 5.57. The summed E-state index contributed by atoms with van der Waals surface area (Å²) in [7, 11) is 0. The van der Waals surface area contributed by atoms with E-state index in [1.165, 1.54) is 19.3 Å². The van der Waals surface area contributed by atoms with Crippen LogP contribution < -0.4 is 11.1 Å². The summed E-state index contributed by atoms with van der Waals surface area (Å²) in [5, 5.41) is 3.86. The maximum absolute atomic E-state index is 10.5. The maximum atomic E-state index is 10.5. The number of hydrogen-bond donors (Lipinski definition) is 2. The smallest absolute Gasteiger partial charge is 0.231 e. The molecule has 3 nitrogen and oxygen atoms in total. The maximum Gasteiger partial charge on any atom is 0.231 e. The fraction of sp³-hybridized carbons (Fsp3) is 0.875. The third kappa shape index (κ3) is 2.68. The molecule has 2 unspecified atom stereocenters. The zero-order chi connectivity index (χ0) is 8.97. The van der Waals surface area contributed by atoms with Gasteiger partial charge in [0.15, 0.2) is 0 Å². The number of hydrogen-bond acceptors (Lipinski definition) is 3. The van der Waals surface area contributed by atoms with Crippen LogP contribution in [0, 0.1) is 0 Å². The number of thioether (sulfide) groups is 1. The molecule has 0 aliphatic heterocycles. The average Bonchev–Trinajstić information content (AvgIpc) is 2.47. The van der Waals surface area contributed by atoms with Crippen LogP contribution in [0.2, 0.25) is 0 Å². The molecule has 0 radical (unpaired) electrons. The van der Waals surface area contributed by atoms with Crippen LogP contribution in [0.3, 0.4) is 0 Å². The van der Waals surface area contributed by atoms with Gasteiger partial charge in [-0.2, -0.15) is 11.8 Å². The molecule has 1 rings (SSSR count). The van der Waals surface area contributed by atoms with Crippen molar-refractivity contribution in [3.05, 3.63) is 0 Å². The molecule has 1 aliphatic carbocycles. The fourth-order valence-corrected chi connectivity index (χ4v) is 2.64. The molecule has 3 N–H and O–H groups in total. The van der Waals surface area contributed by atoms with E-state index in [0.717, 1.165) is 0 Å². The van der Waals surface area contributed by atoms with Crippen molar-refractivity contribution in [1.82, 2.24) is 5.32 Å². The molecule has 0 aromatic rings. The highest BCUT2D eigenvalue weighted by molar-refractivity contribution is 7.99. The van der Waals surface area contributed by atoms with Crippen molar-refractivity contribution in [2.75, 3.05) is 12.8 Å². The molecular formula is C8H16N2OS. The van der Waals surface area contributed by atoms with Gasteiger partial charge in [-0.3, -0.25) is 4.79 Å². The first-order chi connectivity index (χ1) is 5.74. The topological polar surface area (TPSA) is 55.1 Å². The second-order valence-corrected chi connectivity index (χ2v) is 4.24. The minimum absolute atomic E-state index is 0.262. The van der Waals surface area contributed by atoms with Gasteiger partial charge in [0.05, 0.1) is 6.54 Å². The van der Waals surface area contributed by atoms with Crippen molar-refractivity contribution in [3.63, 3.8) is 0 Å². The van der Waals surface area contributed by atoms with Crippen LogP contribution in [-0.2, 0) is 4.79 Å². The lowest BCUT2D eigenvalue weighted by atomic mass is 10.2. The van der Waals surface area contributed by atoms with Crippen LogP contribution in [-0.4, -0.2) is 30.0 Å². The van der Waals surface area contributed by atoms with Gasteiger partial charge in [-0.25, -0.2) is 0 Å². The summed E-state index contributed by atoms with van der Waals surface area (Å²) in [6.07, 6.45) is 5.83. The highest BCUT2D eigenvalue weighted by atomic mass is 32.2. The first kappa shape index (κ1) is 9.86. The summed E-state index contributed by atoms with van der Waals surface area (Å²) >= 11 is 1.88. The molecule has 4 heteroatoms. The first-order valence-electron chi connectivity index (χ1n) is 4.28. The molecule has 70 valence electrons. The van der Waals surface area contributed by atoms with Crippen LogP contribution in [0.4, 0.5) is 0 Å². The van der Waals surface area contributed by atoms with E-state index in [0.29, 0.717) is 17.8 Å². The third-order valence-corrected chi connectivity index (χ3v) is 3.46. The van der Waals surface area contributed by atoms with Crippen LogP contribution in [0.1, 0.15) is 19.3 Å². The second kappa shape index (κ2) is 4.72. The Kier molecular flexibility index (Phi) is 3.88. The lowest BCUT2D eigenvalue weighted by Gasteiger charge is -2.17. The number of nitrogens with one attached hydrogen (secondary N) is 1. The van der Waals surface area contributed by atoms with Crippen molar-refractivity contribution in [2.45, 2.75) is 30.6 Å². The van der Waals surface area contributed by atoms with Gasteiger partial charge in [0, 0.05) is 11.3 Å². The van der Waals surface area contributed by atoms with Gasteiger partial charge >= 0.3 is 0 Å². The Morgan fingerprint density at radius 2 is 2.42 bits per heavy atom. The zero-order valence-electron chi connectivity index (χ0n) is 7.38. The molecule has 0 aromatic heterocycles. The zero-order valence-corrected chi connectivity index (χ0v) is 8.19. The number of primary amides is 1. The Bertz CT molecular complexity index is 163. The highest BCUT2D eigenvalue weighted by Gasteiger charge is 2.25. The minimum atomic E-state index is -0.262. The van der Waals surface area contributed by atoms with Crippen LogP contribution >= 0.6 is 11.8 Å². The Balaban J connectivity index is 2.26. The Hall–Kier alpha value is -0.220. The summed E-state index contributed by atoms with van der Waals surface area (Å²) in [6, 6.07) is 0.493. The van der Waals surface area contributed by atoms with Crippen LogP contribution in [0.5, 0.6) is 0 Å². The SMILES string of the molecule is CSC1CCCC1NCC(N)=O. The van der Waals surface area contributed by atoms with Crippen LogP contribution in [0.15, 0.2) is 0 Å². The predicted molar refractivity (Wildman–Crippen MR) is 52.1 cm³/mol. The lowest BCUT2D eigenvalue weighted by molar-refractivity contribution is -0.117. The summed E-state index contributed by atoms with van der Waals surface area (Å²) in [5.74, 6) is -0.262. The second-order valence-electron chi connectivity index (χ2n) is 3.16. The van der Waals surface area contributed by atoms with Crippen molar-refractivity contribution < 1.29 is 4.79 Å². The summed E-state index contributed by atoms with van der Waals surface area (Å²) < 4.78 is 0. The van der Waals surface area contributed by atoms with Crippen molar-refractivity contribution >= 4 is 17.7 Å². The van der Waals surface area contributed by atoms with E-state index < -0.39 is 0 Å². The molecule has 1 fully saturated rings. The standard InChI is InChI=1S/C8H16N2OS/c1-12-7-4-2-3-6(7)10-5-8(9)11/h6-7,10H,2-5H2,1H3,(H2,9,11). The van der Waals surface area contributed by atoms with E-state index in [9.17, 15) is 4.79 Å². The molecule has 1 amide bonds. The summed E-state index contributed by atoms with van der Waals surface area (Å²) in [4.78, 5) is 10.5. The summed E-state index contributed by atoms with van der Waals surface area (Å²) in [5.41, 5.74) is 5.05. The monoisotopic (exact) mass is 188 g/mol. The Morgan fingerprint density at radius 1 is 1.67 bits per heavy atom. The van der Waals surface area contributed by atoms with Crippen LogP contribution in [0.25, 0.3) is 0 Å². The van der Waals surface area contributed by atoms with Crippen molar-refractivity contribution in [2.24, 2.45) is 5.73 Å². The Morgan fingerprint density at radius 3 is 3.00 bits per heavy atom. The quantitative estimate of drug-likeness (QED) is 0.669. The molecule has 0 aromatic carbocycles. The molecule has 0 bridgehead atoms. The molecule has 12 heavy (non-hydrogen) atoms. The van der Waals surface area contributed by atoms with Crippen molar-refractivity contribution in [1.29, 1.82) is 0 Å². The summed E-state index contributed by atoms with van der Waals surface area (Å²) in [6.45, 7) is 0.321. The highest BCUT2D eigenvalue weighted by Crippen LogP contribution is 2.27. The number of nitrogens with two attached hydrogens (primary N) is 1. The molecule has 0 spiro atoms. The molecule has 1 aliphatic rings. The van der Waals surface area contributed by atoms with E-state index in [1.807, 2.05) is 11.8 Å². The van der Waals surface area contributed by atoms with E-state index in [4.69, 9.17) is 5.73 Å². The molecule has 0 saturated heterocycles. The predicted octanol–water partition coefficient (Wildman–Crippen LogP) is 0.345. The average molecular weight is 188 g/mol. The van der Waals surface area contributed by atoms with E-state index in [2.05, 4.69) is 11.6 Å². The lowest BCUT2D eigenvalue weighted by Crippen LogP contribution is -2.39. The molecule has 2 atom stereocenters. The normalized spacial score (nSPS) is 29.1. The number of carbonyl (C=O) groups excluding carboxylic acids is 1. The van der Waals surface area contributed by atoms with Gasteiger partial charge in [0.1, 0.15) is 0 Å². The Labute approximate surface area is 77.5 Å². The number of rotatable bonds is 4. The van der Waals surface area contributed by atoms with Gasteiger partial charge < -0.3 is 11.1 Å².